The van der Waals surface area contributed by atoms with Crippen LogP contribution in [-0.2, 0) is 0 Å². The number of imide groups is 1. The number of amides is 2. The quantitative estimate of drug-likeness (QED) is 0.745. The van der Waals surface area contributed by atoms with E-state index in [-0.39, 0.29) is 11.8 Å². The fourth-order valence-electron chi connectivity index (χ4n) is 4.64. The molecule has 1 aliphatic heterocycles. The van der Waals surface area contributed by atoms with Gasteiger partial charge in [-0.1, -0.05) is 52.0 Å². The minimum Gasteiger partial charge on any atom is -0.274 e. The third-order valence-electron chi connectivity index (χ3n) is 6.96. The number of benzene rings is 2. The summed E-state index contributed by atoms with van der Waals surface area (Å²) in [6.45, 7) is 9.68. The fraction of sp³-hybridized carbons (Fsp3) is 0.455. The van der Waals surface area contributed by atoms with Crippen molar-refractivity contribution in [2.45, 2.75) is 40.5 Å². The molecule has 0 N–H and O–H groups in total. The van der Waals surface area contributed by atoms with Crippen LogP contribution in [0.4, 0.5) is 0 Å². The van der Waals surface area contributed by atoms with Crippen molar-refractivity contribution in [3.63, 3.8) is 0 Å². The Kier molecular flexibility index (Phi) is 3.37. The predicted molar refractivity (Wildman–Crippen MR) is 99.6 cm³/mol. The van der Waals surface area contributed by atoms with Crippen LogP contribution in [-0.4, -0.2) is 23.3 Å². The van der Waals surface area contributed by atoms with E-state index in [1.165, 1.54) is 11.3 Å². The standard InChI is InChI=1S/C22H25NO2/c1-14(22(4)13-21(22,2)3)11-12-23-19(24)16-9-5-7-15-8-6-10-17(18(15)16)20(23)25/h5-10,14H,11-13H2,1-4H3. The summed E-state index contributed by atoms with van der Waals surface area (Å²) in [6.07, 6.45) is 2.07. The van der Waals surface area contributed by atoms with Crippen molar-refractivity contribution < 1.29 is 9.59 Å². The molecule has 1 fully saturated rings. The molecule has 2 aliphatic rings. The van der Waals surface area contributed by atoms with Gasteiger partial charge in [-0.05, 0) is 47.1 Å². The second-order valence-electron chi connectivity index (χ2n) is 8.64. The van der Waals surface area contributed by atoms with E-state index in [2.05, 4.69) is 27.7 Å². The Hall–Kier alpha value is -2.16. The maximum Gasteiger partial charge on any atom is 0.261 e. The molecular formula is C22H25NO2. The van der Waals surface area contributed by atoms with Gasteiger partial charge in [0.2, 0.25) is 0 Å². The highest BCUT2D eigenvalue weighted by Crippen LogP contribution is 2.67. The van der Waals surface area contributed by atoms with E-state index < -0.39 is 0 Å². The molecule has 2 atom stereocenters. The monoisotopic (exact) mass is 335 g/mol. The van der Waals surface area contributed by atoms with Crippen LogP contribution in [0.5, 0.6) is 0 Å². The van der Waals surface area contributed by atoms with Gasteiger partial charge in [-0.2, -0.15) is 0 Å². The lowest BCUT2D eigenvalue weighted by atomic mass is 9.83. The highest BCUT2D eigenvalue weighted by molar-refractivity contribution is 6.25. The van der Waals surface area contributed by atoms with Crippen LogP contribution in [0, 0.1) is 16.7 Å². The van der Waals surface area contributed by atoms with Crippen LogP contribution >= 0.6 is 0 Å². The largest absolute Gasteiger partial charge is 0.274 e. The number of carbonyl (C=O) groups is 2. The lowest BCUT2D eigenvalue weighted by Crippen LogP contribution is -2.41. The summed E-state index contributed by atoms with van der Waals surface area (Å²) < 4.78 is 0. The van der Waals surface area contributed by atoms with Crippen LogP contribution in [0.2, 0.25) is 0 Å². The minimum atomic E-state index is -0.151. The van der Waals surface area contributed by atoms with E-state index in [4.69, 9.17) is 0 Å². The lowest BCUT2D eigenvalue weighted by molar-refractivity contribution is 0.0594. The molecule has 3 nitrogen and oxygen atoms in total. The Bertz CT molecular complexity index is 847. The molecule has 1 aliphatic carbocycles. The van der Waals surface area contributed by atoms with E-state index in [1.807, 2.05) is 36.4 Å². The molecule has 0 spiro atoms. The predicted octanol–water partition coefficient (Wildman–Crippen LogP) is 4.90. The lowest BCUT2D eigenvalue weighted by Gasteiger charge is -2.30. The van der Waals surface area contributed by atoms with Gasteiger partial charge in [0.25, 0.3) is 11.8 Å². The van der Waals surface area contributed by atoms with Gasteiger partial charge >= 0.3 is 0 Å². The summed E-state index contributed by atoms with van der Waals surface area (Å²) in [5.74, 6) is 0.180. The fourth-order valence-corrected chi connectivity index (χ4v) is 4.64. The summed E-state index contributed by atoms with van der Waals surface area (Å²) in [7, 11) is 0. The smallest absolute Gasteiger partial charge is 0.261 e. The molecule has 3 heteroatoms. The molecule has 1 heterocycles. The van der Waals surface area contributed by atoms with E-state index in [9.17, 15) is 9.59 Å². The first-order valence-corrected chi connectivity index (χ1v) is 9.14. The van der Waals surface area contributed by atoms with Gasteiger partial charge in [0.15, 0.2) is 0 Å². The first-order valence-electron chi connectivity index (χ1n) is 9.14. The van der Waals surface area contributed by atoms with Gasteiger partial charge in [0.1, 0.15) is 0 Å². The normalized spacial score (nSPS) is 25.4. The third-order valence-corrected chi connectivity index (χ3v) is 6.96. The molecule has 4 rings (SSSR count). The summed E-state index contributed by atoms with van der Waals surface area (Å²) >= 11 is 0. The van der Waals surface area contributed by atoms with Crippen LogP contribution in [0.3, 0.4) is 0 Å². The van der Waals surface area contributed by atoms with Crippen molar-refractivity contribution in [2.24, 2.45) is 16.7 Å². The van der Waals surface area contributed by atoms with Gasteiger partial charge in [-0.25, -0.2) is 0 Å². The van der Waals surface area contributed by atoms with Gasteiger partial charge in [0.05, 0.1) is 0 Å². The summed E-state index contributed by atoms with van der Waals surface area (Å²) in [4.78, 5) is 27.3. The SMILES string of the molecule is CC(CCN1C(=O)c2cccc3cccc(c23)C1=O)C1(C)CC1(C)C. The Balaban J connectivity index is 1.61. The third kappa shape index (κ3) is 2.25. The van der Waals surface area contributed by atoms with Crippen molar-refractivity contribution >= 4 is 22.6 Å². The van der Waals surface area contributed by atoms with Gasteiger partial charge in [0, 0.05) is 23.1 Å². The van der Waals surface area contributed by atoms with Crippen LogP contribution in [0.15, 0.2) is 36.4 Å². The Labute approximate surface area is 149 Å². The molecular weight excluding hydrogens is 310 g/mol. The number of hydrogen-bond donors (Lipinski definition) is 0. The number of hydrogen-bond acceptors (Lipinski definition) is 2. The van der Waals surface area contributed by atoms with E-state index in [1.54, 1.807) is 0 Å². The minimum absolute atomic E-state index is 0.151. The second kappa shape index (κ2) is 5.17. The van der Waals surface area contributed by atoms with Crippen molar-refractivity contribution in [2.75, 3.05) is 6.54 Å². The van der Waals surface area contributed by atoms with E-state index in [0.29, 0.717) is 34.4 Å². The van der Waals surface area contributed by atoms with Gasteiger partial charge in [-0.15, -0.1) is 0 Å². The maximum atomic E-state index is 12.9. The zero-order valence-corrected chi connectivity index (χ0v) is 15.4. The van der Waals surface area contributed by atoms with Crippen LogP contribution in [0.1, 0.15) is 61.3 Å². The van der Waals surface area contributed by atoms with Gasteiger partial charge in [-0.3, -0.25) is 14.5 Å². The average molecular weight is 335 g/mol. The van der Waals surface area contributed by atoms with Crippen molar-refractivity contribution in [1.29, 1.82) is 0 Å². The van der Waals surface area contributed by atoms with E-state index in [0.717, 1.165) is 17.2 Å². The van der Waals surface area contributed by atoms with E-state index >= 15 is 0 Å². The first-order chi connectivity index (χ1) is 11.8. The molecule has 0 saturated heterocycles. The van der Waals surface area contributed by atoms with Crippen LogP contribution in [0.25, 0.3) is 10.8 Å². The van der Waals surface area contributed by atoms with Crippen molar-refractivity contribution in [3.8, 4) is 0 Å². The highest BCUT2D eigenvalue weighted by Gasteiger charge is 2.59. The molecule has 0 aromatic heterocycles. The summed E-state index contributed by atoms with van der Waals surface area (Å²) in [6, 6.07) is 11.4. The number of nitrogens with zero attached hydrogens (tertiary/aromatic N) is 1. The first kappa shape index (κ1) is 16.3. The molecule has 2 amide bonds. The van der Waals surface area contributed by atoms with Crippen LogP contribution < -0.4 is 0 Å². The van der Waals surface area contributed by atoms with Crippen molar-refractivity contribution in [3.05, 3.63) is 47.5 Å². The Morgan fingerprint density at radius 1 is 1.00 bits per heavy atom. The topological polar surface area (TPSA) is 37.4 Å². The zero-order chi connectivity index (χ0) is 18.0. The summed E-state index contributed by atoms with van der Waals surface area (Å²) in [5, 5.41) is 1.76. The summed E-state index contributed by atoms with van der Waals surface area (Å²) in [5.41, 5.74) is 1.98. The average Bonchev–Trinajstić information content (AvgIpc) is 3.11. The zero-order valence-electron chi connectivity index (χ0n) is 15.4. The Morgan fingerprint density at radius 2 is 1.52 bits per heavy atom. The molecule has 0 radical (unpaired) electrons. The highest BCUT2D eigenvalue weighted by atomic mass is 16.2. The van der Waals surface area contributed by atoms with Gasteiger partial charge < -0.3 is 0 Å². The maximum absolute atomic E-state index is 12.9. The molecule has 1 saturated carbocycles. The molecule has 2 unspecified atom stereocenters. The molecule has 2 aromatic carbocycles. The number of carbonyl (C=O) groups excluding carboxylic acids is 2. The molecule has 0 bridgehead atoms. The van der Waals surface area contributed by atoms with Crippen molar-refractivity contribution in [1.82, 2.24) is 4.90 Å². The Morgan fingerprint density at radius 3 is 2.00 bits per heavy atom. The second-order valence-corrected chi connectivity index (χ2v) is 8.64. The molecule has 130 valence electrons. The molecule has 2 aromatic rings. The molecule has 25 heavy (non-hydrogen) atoms. The number of rotatable bonds is 4.